The molecule has 0 aromatic carbocycles. The zero-order chi connectivity index (χ0) is 19.3. The van der Waals surface area contributed by atoms with Crippen molar-refractivity contribution < 1.29 is 9.59 Å². The summed E-state index contributed by atoms with van der Waals surface area (Å²) in [5, 5.41) is 6.36. The maximum absolute atomic E-state index is 12.9. The Morgan fingerprint density at radius 3 is 2.23 bits per heavy atom. The van der Waals surface area contributed by atoms with Gasteiger partial charge in [-0.1, -0.05) is 47.5 Å². The minimum Gasteiger partial charge on any atom is -0.351 e. The minimum atomic E-state index is -0.397. The summed E-state index contributed by atoms with van der Waals surface area (Å²) in [6.45, 7) is 11.0. The van der Waals surface area contributed by atoms with Gasteiger partial charge in [0.05, 0.1) is 0 Å². The van der Waals surface area contributed by atoms with Crippen molar-refractivity contribution >= 4 is 11.8 Å². The second kappa shape index (κ2) is 9.75. The highest BCUT2D eigenvalue weighted by atomic mass is 16.2. The van der Waals surface area contributed by atoms with E-state index in [0.29, 0.717) is 24.2 Å². The molecule has 4 nitrogen and oxygen atoms in total. The fraction of sp³-hybridized carbons (Fsp3) is 0.909. The second-order valence-corrected chi connectivity index (χ2v) is 9.53. The Morgan fingerprint density at radius 1 is 0.962 bits per heavy atom. The molecule has 4 heteroatoms. The van der Waals surface area contributed by atoms with Gasteiger partial charge in [0.25, 0.3) is 0 Å². The standard InChI is InChI=1S/C22H40N2O2/c1-14(2)13-20(24-21(25)18-11-9-15(3)10-12-18)22(26)23-19-8-6-7-16(4)17(19)5/h14-20H,6-13H2,1-5H3,(H,23,26)(H,24,25). The number of amides is 2. The molecule has 26 heavy (non-hydrogen) atoms. The minimum absolute atomic E-state index is 0.0159. The maximum Gasteiger partial charge on any atom is 0.242 e. The Bertz CT molecular complexity index is 469. The lowest BCUT2D eigenvalue weighted by atomic mass is 9.78. The maximum atomic E-state index is 12.9. The topological polar surface area (TPSA) is 58.2 Å². The van der Waals surface area contributed by atoms with Crippen molar-refractivity contribution in [2.75, 3.05) is 0 Å². The van der Waals surface area contributed by atoms with Gasteiger partial charge >= 0.3 is 0 Å². The van der Waals surface area contributed by atoms with Crippen LogP contribution < -0.4 is 10.6 Å². The molecule has 0 spiro atoms. The lowest BCUT2D eigenvalue weighted by Gasteiger charge is -2.36. The van der Waals surface area contributed by atoms with Crippen LogP contribution in [0.4, 0.5) is 0 Å². The van der Waals surface area contributed by atoms with E-state index in [2.05, 4.69) is 45.3 Å². The van der Waals surface area contributed by atoms with Crippen molar-refractivity contribution in [2.24, 2.45) is 29.6 Å². The molecule has 2 fully saturated rings. The molecule has 2 rings (SSSR count). The van der Waals surface area contributed by atoms with Crippen molar-refractivity contribution in [2.45, 2.75) is 98.1 Å². The highest BCUT2D eigenvalue weighted by Crippen LogP contribution is 2.30. The Labute approximate surface area is 160 Å². The number of hydrogen-bond acceptors (Lipinski definition) is 2. The van der Waals surface area contributed by atoms with Gasteiger partial charge in [-0.3, -0.25) is 9.59 Å². The van der Waals surface area contributed by atoms with Crippen molar-refractivity contribution in [1.82, 2.24) is 10.6 Å². The van der Waals surface area contributed by atoms with Gasteiger partial charge in [-0.25, -0.2) is 0 Å². The van der Waals surface area contributed by atoms with Crippen molar-refractivity contribution in [3.05, 3.63) is 0 Å². The molecule has 0 radical (unpaired) electrons. The molecule has 0 aromatic heterocycles. The Morgan fingerprint density at radius 2 is 1.62 bits per heavy atom. The first-order chi connectivity index (χ1) is 12.3. The van der Waals surface area contributed by atoms with Crippen LogP contribution in [-0.2, 0) is 9.59 Å². The third-order valence-corrected chi connectivity index (χ3v) is 6.76. The monoisotopic (exact) mass is 364 g/mol. The number of carbonyl (C=O) groups excluding carboxylic acids is 2. The lowest BCUT2D eigenvalue weighted by Crippen LogP contribution is -2.53. The predicted octanol–water partition coefficient (Wildman–Crippen LogP) is 4.28. The second-order valence-electron chi connectivity index (χ2n) is 9.53. The van der Waals surface area contributed by atoms with Gasteiger partial charge in [-0.15, -0.1) is 0 Å². The van der Waals surface area contributed by atoms with Crippen LogP contribution in [0.15, 0.2) is 0 Å². The summed E-state index contributed by atoms with van der Waals surface area (Å²) >= 11 is 0. The van der Waals surface area contributed by atoms with Crippen LogP contribution in [0.5, 0.6) is 0 Å². The van der Waals surface area contributed by atoms with Gasteiger partial charge in [0.15, 0.2) is 0 Å². The number of nitrogens with one attached hydrogen (secondary N) is 2. The summed E-state index contributed by atoms with van der Waals surface area (Å²) in [7, 11) is 0. The normalized spacial score (nSPS) is 33.5. The summed E-state index contributed by atoms with van der Waals surface area (Å²) in [5.74, 6) is 2.44. The van der Waals surface area contributed by atoms with E-state index < -0.39 is 6.04 Å². The van der Waals surface area contributed by atoms with Crippen molar-refractivity contribution in [3.63, 3.8) is 0 Å². The smallest absolute Gasteiger partial charge is 0.242 e. The molecule has 2 aliphatic carbocycles. The number of hydrogen-bond donors (Lipinski definition) is 2. The molecule has 4 atom stereocenters. The van der Waals surface area contributed by atoms with Crippen LogP contribution in [0.25, 0.3) is 0 Å². The van der Waals surface area contributed by atoms with E-state index in [1.807, 2.05) is 0 Å². The number of rotatable bonds is 6. The molecule has 2 amide bonds. The molecular formula is C22H40N2O2. The Balaban J connectivity index is 1.94. The molecule has 2 N–H and O–H groups in total. The molecule has 0 aromatic rings. The SMILES string of the molecule is CC(C)CC(NC(=O)C1CCC(C)CC1)C(=O)NC1CCCC(C)C1C. The van der Waals surface area contributed by atoms with Crippen LogP contribution in [0, 0.1) is 29.6 Å². The van der Waals surface area contributed by atoms with Gasteiger partial charge < -0.3 is 10.6 Å². The van der Waals surface area contributed by atoms with Crippen LogP contribution >= 0.6 is 0 Å². The van der Waals surface area contributed by atoms with E-state index in [0.717, 1.165) is 38.0 Å². The quantitative estimate of drug-likeness (QED) is 0.739. The van der Waals surface area contributed by atoms with Crippen molar-refractivity contribution in [1.29, 1.82) is 0 Å². The predicted molar refractivity (Wildman–Crippen MR) is 107 cm³/mol. The zero-order valence-corrected chi connectivity index (χ0v) is 17.5. The van der Waals surface area contributed by atoms with Gasteiger partial charge in [0.1, 0.15) is 6.04 Å². The van der Waals surface area contributed by atoms with Gasteiger partial charge in [-0.2, -0.15) is 0 Å². The van der Waals surface area contributed by atoms with Crippen LogP contribution in [0.1, 0.15) is 86.0 Å². The summed E-state index contributed by atoms with van der Waals surface area (Å²) in [6, 6.07) is -0.153. The zero-order valence-electron chi connectivity index (χ0n) is 17.5. The first-order valence-corrected chi connectivity index (χ1v) is 10.9. The Hall–Kier alpha value is -1.06. The summed E-state index contributed by atoms with van der Waals surface area (Å²) in [4.78, 5) is 25.7. The lowest BCUT2D eigenvalue weighted by molar-refractivity contribution is -0.132. The molecule has 0 bridgehead atoms. The third-order valence-electron chi connectivity index (χ3n) is 6.76. The molecule has 2 aliphatic rings. The highest BCUT2D eigenvalue weighted by Gasteiger charge is 2.32. The van der Waals surface area contributed by atoms with Crippen LogP contribution in [0.3, 0.4) is 0 Å². The summed E-state index contributed by atoms with van der Waals surface area (Å²) in [6.07, 6.45) is 8.35. The summed E-state index contributed by atoms with van der Waals surface area (Å²) in [5.41, 5.74) is 0. The van der Waals surface area contributed by atoms with E-state index >= 15 is 0 Å². The average Bonchev–Trinajstić information content (AvgIpc) is 2.58. The fourth-order valence-corrected chi connectivity index (χ4v) is 4.58. The molecule has 0 aliphatic heterocycles. The molecular weight excluding hydrogens is 324 g/mol. The van der Waals surface area contributed by atoms with Crippen molar-refractivity contribution in [3.8, 4) is 0 Å². The summed E-state index contributed by atoms with van der Waals surface area (Å²) < 4.78 is 0. The van der Waals surface area contributed by atoms with Gasteiger partial charge in [0.2, 0.25) is 11.8 Å². The van der Waals surface area contributed by atoms with Gasteiger partial charge in [-0.05, 0) is 62.2 Å². The first kappa shape index (κ1) is 21.2. The Kier molecular flexibility index (Phi) is 7.97. The average molecular weight is 365 g/mol. The van der Waals surface area contributed by atoms with E-state index in [-0.39, 0.29) is 23.8 Å². The molecule has 4 unspecified atom stereocenters. The highest BCUT2D eigenvalue weighted by molar-refractivity contribution is 5.88. The van der Waals surface area contributed by atoms with E-state index in [4.69, 9.17) is 0 Å². The van der Waals surface area contributed by atoms with Crippen LogP contribution in [0.2, 0.25) is 0 Å². The number of carbonyl (C=O) groups is 2. The van der Waals surface area contributed by atoms with E-state index in [9.17, 15) is 9.59 Å². The molecule has 150 valence electrons. The molecule has 0 saturated heterocycles. The molecule has 2 saturated carbocycles. The van der Waals surface area contributed by atoms with Crippen LogP contribution in [-0.4, -0.2) is 23.9 Å². The van der Waals surface area contributed by atoms with E-state index in [1.165, 1.54) is 12.8 Å². The van der Waals surface area contributed by atoms with E-state index in [1.54, 1.807) is 0 Å². The largest absolute Gasteiger partial charge is 0.351 e. The fourth-order valence-electron chi connectivity index (χ4n) is 4.58. The molecule has 0 heterocycles. The first-order valence-electron chi connectivity index (χ1n) is 10.9. The third kappa shape index (κ3) is 5.99. The van der Waals surface area contributed by atoms with Gasteiger partial charge in [0, 0.05) is 12.0 Å².